The molecular weight excluding hydrogens is 226 g/mol. The van der Waals surface area contributed by atoms with Crippen molar-refractivity contribution < 1.29 is 9.90 Å². The van der Waals surface area contributed by atoms with Crippen LogP contribution >= 0.6 is 0 Å². The van der Waals surface area contributed by atoms with Gasteiger partial charge in [0, 0.05) is 0 Å². The molecule has 0 saturated heterocycles. The average molecular weight is 245 g/mol. The Hall–Kier alpha value is -1.87. The van der Waals surface area contributed by atoms with Gasteiger partial charge in [0.1, 0.15) is 6.73 Å². The highest BCUT2D eigenvalue weighted by atomic mass is 16.3. The van der Waals surface area contributed by atoms with E-state index < -0.39 is 0 Å². The second-order valence-corrected chi connectivity index (χ2v) is 4.06. The van der Waals surface area contributed by atoms with Crippen LogP contribution < -0.4 is 5.32 Å². The first-order chi connectivity index (χ1) is 8.63. The van der Waals surface area contributed by atoms with Crippen molar-refractivity contribution >= 4 is 11.9 Å². The fraction of sp³-hybridized carbons (Fsp3) is 0.267. The molecule has 0 unspecified atom stereocenters. The summed E-state index contributed by atoms with van der Waals surface area (Å²) < 4.78 is 0. The summed E-state index contributed by atoms with van der Waals surface area (Å²) in [6.07, 6.45) is 4.41. The quantitative estimate of drug-likeness (QED) is 0.362. The van der Waals surface area contributed by atoms with E-state index in [0.717, 1.165) is 22.3 Å². The predicted molar refractivity (Wildman–Crippen MR) is 73.9 cm³/mol. The minimum absolute atomic E-state index is 0.256. The molecule has 0 atom stereocenters. The number of aliphatic hydroxyl groups excluding tert-OH is 1. The van der Waals surface area contributed by atoms with E-state index >= 15 is 0 Å². The van der Waals surface area contributed by atoms with Crippen LogP contribution in [-0.2, 0) is 4.79 Å². The van der Waals surface area contributed by atoms with Crippen molar-refractivity contribution in [2.45, 2.75) is 20.8 Å². The van der Waals surface area contributed by atoms with Crippen molar-refractivity contribution in [3.05, 3.63) is 52.7 Å². The number of aryl methyl sites for hydroxylation is 2. The molecule has 1 rings (SSSR count). The Morgan fingerprint density at radius 3 is 2.39 bits per heavy atom. The second kappa shape index (κ2) is 6.77. The molecule has 0 aliphatic heterocycles. The molecule has 0 saturated carbocycles. The minimum atomic E-state index is -0.256. The summed E-state index contributed by atoms with van der Waals surface area (Å²) in [7, 11) is 0. The molecule has 1 aromatic rings. The Morgan fingerprint density at radius 1 is 1.33 bits per heavy atom. The molecule has 0 aliphatic carbocycles. The summed E-state index contributed by atoms with van der Waals surface area (Å²) in [6, 6.07) is 6.09. The summed E-state index contributed by atoms with van der Waals surface area (Å²) in [4.78, 5) is 10.9. The Balaban J connectivity index is 3.23. The van der Waals surface area contributed by atoms with Gasteiger partial charge < -0.3 is 10.4 Å². The lowest BCUT2D eigenvalue weighted by molar-refractivity contribution is -0.105. The fourth-order valence-electron chi connectivity index (χ4n) is 1.96. The zero-order chi connectivity index (χ0) is 13.5. The van der Waals surface area contributed by atoms with Crippen LogP contribution in [0, 0.1) is 13.8 Å². The van der Waals surface area contributed by atoms with Crippen molar-refractivity contribution in [1.29, 1.82) is 0 Å². The molecule has 3 nitrogen and oxygen atoms in total. The van der Waals surface area contributed by atoms with E-state index in [-0.39, 0.29) is 6.73 Å². The average Bonchev–Trinajstić information content (AvgIpc) is 2.36. The van der Waals surface area contributed by atoms with Crippen LogP contribution in [0.15, 0.2) is 36.0 Å². The number of rotatable bonds is 5. The zero-order valence-electron chi connectivity index (χ0n) is 11.0. The van der Waals surface area contributed by atoms with E-state index in [0.29, 0.717) is 12.0 Å². The van der Waals surface area contributed by atoms with Crippen molar-refractivity contribution in [3.8, 4) is 0 Å². The van der Waals surface area contributed by atoms with Crippen LogP contribution in [0.3, 0.4) is 0 Å². The third-order valence-corrected chi connectivity index (χ3v) is 2.80. The number of carbonyl (C=O) groups is 1. The van der Waals surface area contributed by atoms with E-state index in [9.17, 15) is 4.79 Å². The lowest BCUT2D eigenvalue weighted by Crippen LogP contribution is -2.15. The largest absolute Gasteiger partial charge is 0.377 e. The first kappa shape index (κ1) is 14.2. The summed E-state index contributed by atoms with van der Waals surface area (Å²) in [5.74, 6) is 0. The normalized spacial score (nSPS) is 12.4. The first-order valence-electron chi connectivity index (χ1n) is 5.88. The van der Waals surface area contributed by atoms with Crippen molar-refractivity contribution in [2.75, 3.05) is 6.73 Å². The monoisotopic (exact) mass is 245 g/mol. The molecule has 0 radical (unpaired) electrons. The maximum atomic E-state index is 10.9. The number of nitrogens with one attached hydrogen (secondary N) is 1. The molecule has 1 aromatic carbocycles. The molecule has 0 aromatic heterocycles. The molecule has 0 bridgehead atoms. The highest BCUT2D eigenvalue weighted by Gasteiger charge is 2.06. The molecule has 96 valence electrons. The number of hydrogen-bond donors (Lipinski definition) is 2. The number of allylic oxidation sites excluding steroid dienone is 4. The summed E-state index contributed by atoms with van der Waals surface area (Å²) in [5, 5.41) is 11.4. The molecule has 0 heterocycles. The maximum absolute atomic E-state index is 10.9. The predicted octanol–water partition coefficient (Wildman–Crippen LogP) is 2.33. The van der Waals surface area contributed by atoms with Crippen molar-refractivity contribution in [2.24, 2.45) is 0 Å². The van der Waals surface area contributed by atoms with Gasteiger partial charge in [-0.1, -0.05) is 24.3 Å². The van der Waals surface area contributed by atoms with E-state index in [1.54, 1.807) is 6.08 Å². The van der Waals surface area contributed by atoms with Crippen LogP contribution in [0.4, 0.5) is 0 Å². The van der Waals surface area contributed by atoms with Gasteiger partial charge in [-0.2, -0.15) is 0 Å². The Labute approximate surface area is 108 Å². The first-order valence-corrected chi connectivity index (χ1v) is 5.88. The van der Waals surface area contributed by atoms with Crippen molar-refractivity contribution in [3.63, 3.8) is 0 Å². The summed E-state index contributed by atoms with van der Waals surface area (Å²) in [6.45, 7) is 5.76. The molecule has 0 aliphatic rings. The van der Waals surface area contributed by atoms with Crippen LogP contribution in [-0.4, -0.2) is 18.1 Å². The Bertz CT molecular complexity index is 467. The topological polar surface area (TPSA) is 49.3 Å². The SMILES string of the molecule is C/C=C(\C=C(\C=O)NCO)c1c(C)cccc1C. The van der Waals surface area contributed by atoms with E-state index in [1.807, 2.05) is 45.0 Å². The molecule has 18 heavy (non-hydrogen) atoms. The van der Waals surface area contributed by atoms with E-state index in [1.165, 1.54) is 0 Å². The molecule has 3 heteroatoms. The molecular formula is C15H19NO2. The maximum Gasteiger partial charge on any atom is 0.165 e. The third-order valence-electron chi connectivity index (χ3n) is 2.80. The van der Waals surface area contributed by atoms with Gasteiger partial charge in [0.05, 0.1) is 5.70 Å². The number of carbonyl (C=O) groups excluding carboxylic acids is 1. The van der Waals surface area contributed by atoms with Crippen LogP contribution in [0.1, 0.15) is 23.6 Å². The number of benzene rings is 1. The Morgan fingerprint density at radius 2 is 1.94 bits per heavy atom. The van der Waals surface area contributed by atoms with E-state index in [2.05, 4.69) is 5.32 Å². The van der Waals surface area contributed by atoms with Gasteiger partial charge in [-0.15, -0.1) is 0 Å². The van der Waals surface area contributed by atoms with Gasteiger partial charge in [-0.05, 0) is 49.1 Å². The van der Waals surface area contributed by atoms with Gasteiger partial charge in [0.2, 0.25) is 0 Å². The van der Waals surface area contributed by atoms with Gasteiger partial charge in [-0.3, -0.25) is 4.79 Å². The fourth-order valence-corrected chi connectivity index (χ4v) is 1.96. The van der Waals surface area contributed by atoms with Crippen LogP contribution in [0.2, 0.25) is 0 Å². The number of hydrogen-bond acceptors (Lipinski definition) is 3. The molecule has 2 N–H and O–H groups in total. The molecule has 0 amide bonds. The molecule has 0 spiro atoms. The van der Waals surface area contributed by atoms with Gasteiger partial charge in [0.25, 0.3) is 0 Å². The highest BCUT2D eigenvalue weighted by Crippen LogP contribution is 2.24. The van der Waals surface area contributed by atoms with Gasteiger partial charge >= 0.3 is 0 Å². The number of aliphatic hydroxyl groups is 1. The number of aldehydes is 1. The lowest BCUT2D eigenvalue weighted by atomic mass is 9.95. The highest BCUT2D eigenvalue weighted by molar-refractivity contribution is 5.84. The van der Waals surface area contributed by atoms with Gasteiger partial charge in [0.15, 0.2) is 6.29 Å². The minimum Gasteiger partial charge on any atom is -0.377 e. The summed E-state index contributed by atoms with van der Waals surface area (Å²) >= 11 is 0. The summed E-state index contributed by atoms with van der Waals surface area (Å²) in [5.41, 5.74) is 4.78. The lowest BCUT2D eigenvalue weighted by Gasteiger charge is -2.11. The standard InChI is InChI=1S/C15H19NO2/c1-4-13(8-14(9-17)16-10-18)15-11(2)6-5-7-12(15)3/h4-9,16,18H,10H2,1-3H3/b13-4+,14-8-. The van der Waals surface area contributed by atoms with Crippen LogP contribution in [0.5, 0.6) is 0 Å². The zero-order valence-corrected chi connectivity index (χ0v) is 11.0. The smallest absolute Gasteiger partial charge is 0.165 e. The van der Waals surface area contributed by atoms with Gasteiger partial charge in [-0.25, -0.2) is 0 Å². The molecule has 0 fully saturated rings. The Kier molecular flexibility index (Phi) is 5.33. The van der Waals surface area contributed by atoms with Crippen LogP contribution in [0.25, 0.3) is 5.57 Å². The third kappa shape index (κ3) is 3.31. The second-order valence-electron chi connectivity index (χ2n) is 4.06. The van der Waals surface area contributed by atoms with E-state index in [4.69, 9.17) is 5.11 Å². The van der Waals surface area contributed by atoms with Crippen molar-refractivity contribution in [1.82, 2.24) is 5.32 Å².